The van der Waals surface area contributed by atoms with Gasteiger partial charge in [-0.15, -0.1) is 0 Å². The van der Waals surface area contributed by atoms with Crippen LogP contribution in [-0.4, -0.2) is 22.1 Å². The lowest BCUT2D eigenvalue weighted by Crippen LogP contribution is -2.41. The van der Waals surface area contributed by atoms with Crippen molar-refractivity contribution in [3.05, 3.63) is 35.9 Å². The van der Waals surface area contributed by atoms with Crippen LogP contribution in [0.5, 0.6) is 0 Å². The second kappa shape index (κ2) is 4.50. The van der Waals surface area contributed by atoms with Gasteiger partial charge in [0.25, 0.3) is 0 Å². The number of ether oxygens (including phenoxy) is 1. The molecule has 1 aromatic rings. The predicted molar refractivity (Wildman–Crippen MR) is 68.4 cm³/mol. The summed E-state index contributed by atoms with van der Waals surface area (Å²) in [4.78, 5) is 0. The Hall–Kier alpha value is -0.603. The van der Waals surface area contributed by atoms with E-state index in [1.54, 1.807) is 0 Å². The van der Waals surface area contributed by atoms with Gasteiger partial charge in [0.1, 0.15) is 0 Å². The van der Waals surface area contributed by atoms with Crippen molar-refractivity contribution in [1.29, 1.82) is 0 Å². The van der Waals surface area contributed by atoms with Gasteiger partial charge in [-0.25, -0.2) is 0 Å². The molecule has 1 nitrogen and oxygen atoms in total. The van der Waals surface area contributed by atoms with Gasteiger partial charge in [0.2, 0.25) is 0 Å². The monoisotopic (exact) mass is 221 g/mol. The van der Waals surface area contributed by atoms with Gasteiger partial charge < -0.3 is 4.74 Å². The summed E-state index contributed by atoms with van der Waals surface area (Å²) in [7, 11) is 1.13. The van der Waals surface area contributed by atoms with Crippen LogP contribution in [0.4, 0.5) is 0 Å². The summed E-state index contributed by atoms with van der Waals surface area (Å²) < 4.78 is 6.04. The molecule has 1 aliphatic rings. The minimum atomic E-state index is 0. The third-order valence-corrected chi connectivity index (χ3v) is 5.37. The minimum Gasteiger partial charge on any atom is -0.379 e. The standard InChI is InChI=1S/C13H20OSi/c1-11(12-7-3-2-4-8-12)13(15)9-5-6-10-14-13/h2-4,7-8,11H,5-6,9-10H2,1,15H3/p+1. The quantitative estimate of drug-likeness (QED) is 0.696. The maximum atomic E-state index is 6.04. The molecule has 1 saturated heterocycles. The number of benzene rings is 1. The smallest absolute Gasteiger partial charge is 0.379 e. The molecule has 0 bridgehead atoms. The largest absolute Gasteiger partial charge is 1.00 e. The highest BCUT2D eigenvalue weighted by Crippen LogP contribution is 2.35. The molecule has 2 rings (SSSR count). The van der Waals surface area contributed by atoms with E-state index in [1.807, 2.05) is 0 Å². The van der Waals surface area contributed by atoms with Gasteiger partial charge in [-0.2, -0.15) is 0 Å². The van der Waals surface area contributed by atoms with Crippen molar-refractivity contribution in [2.45, 2.75) is 37.3 Å². The molecule has 2 atom stereocenters. The Balaban J connectivity index is 0.00000128. The molecule has 0 amide bonds. The van der Waals surface area contributed by atoms with E-state index in [-0.39, 0.29) is 6.65 Å². The van der Waals surface area contributed by atoms with Gasteiger partial charge in [0, 0.05) is 22.8 Å². The summed E-state index contributed by atoms with van der Waals surface area (Å²) in [5, 5.41) is 0.180. The van der Waals surface area contributed by atoms with Gasteiger partial charge >= 0.3 is 1.43 Å². The third-order valence-electron chi connectivity index (χ3n) is 3.71. The molecule has 0 N–H and O–H groups in total. The lowest BCUT2D eigenvalue weighted by Gasteiger charge is -2.39. The van der Waals surface area contributed by atoms with Crippen LogP contribution in [-0.2, 0) is 4.74 Å². The summed E-state index contributed by atoms with van der Waals surface area (Å²) in [6.45, 7) is 3.27. The number of hydrogen-bond donors (Lipinski definition) is 0. The molecule has 15 heavy (non-hydrogen) atoms. The summed E-state index contributed by atoms with van der Waals surface area (Å²) in [5.41, 5.74) is 1.43. The maximum Gasteiger partial charge on any atom is 1.00 e. The zero-order valence-corrected chi connectivity index (χ0v) is 11.7. The lowest BCUT2D eigenvalue weighted by molar-refractivity contribution is -0.0318. The number of rotatable bonds is 2. The molecule has 1 fully saturated rings. The molecule has 1 aliphatic heterocycles. The molecule has 1 aromatic carbocycles. The molecule has 0 aromatic heterocycles. The fourth-order valence-corrected chi connectivity index (χ4v) is 3.28. The molecule has 2 unspecified atom stereocenters. The minimum absolute atomic E-state index is 0. The van der Waals surface area contributed by atoms with Crippen molar-refractivity contribution < 1.29 is 6.16 Å². The Labute approximate surface area is 96.7 Å². The van der Waals surface area contributed by atoms with Crippen LogP contribution in [0.2, 0.25) is 0 Å². The van der Waals surface area contributed by atoms with E-state index in [0.29, 0.717) is 5.92 Å². The van der Waals surface area contributed by atoms with E-state index in [1.165, 1.54) is 24.8 Å². The summed E-state index contributed by atoms with van der Waals surface area (Å²) >= 11 is 0. The van der Waals surface area contributed by atoms with Crippen molar-refractivity contribution in [3.63, 3.8) is 0 Å². The predicted octanol–water partition coefficient (Wildman–Crippen LogP) is 2.16. The fourth-order valence-electron chi connectivity index (χ4n) is 2.39. The van der Waals surface area contributed by atoms with E-state index in [9.17, 15) is 0 Å². The topological polar surface area (TPSA) is 9.23 Å². The zero-order chi connectivity index (χ0) is 10.7. The molecule has 82 valence electrons. The van der Waals surface area contributed by atoms with Gasteiger partial charge in [0.15, 0.2) is 0 Å². The van der Waals surface area contributed by atoms with E-state index in [0.717, 1.165) is 16.8 Å². The molecular formula is C13H21OSi+. The summed E-state index contributed by atoms with van der Waals surface area (Å²) in [6.07, 6.45) is 3.82. The lowest BCUT2D eigenvalue weighted by atomic mass is 9.90. The van der Waals surface area contributed by atoms with Crippen LogP contribution in [0.3, 0.4) is 0 Å². The normalized spacial score (nSPS) is 28.9. The maximum absolute atomic E-state index is 6.04. The van der Waals surface area contributed by atoms with Crippen molar-refractivity contribution in [1.82, 2.24) is 0 Å². The SMILES string of the molecule is CC(c1ccccc1)C1([SiH3])CCCCO1.[H+]. The molecule has 1 heterocycles. The van der Waals surface area contributed by atoms with Gasteiger partial charge in [0.05, 0.1) is 5.22 Å². The Morgan fingerprint density at radius 1 is 1.33 bits per heavy atom. The average Bonchev–Trinajstić information content (AvgIpc) is 2.30. The van der Waals surface area contributed by atoms with Crippen molar-refractivity contribution >= 4 is 10.2 Å². The van der Waals surface area contributed by atoms with Gasteiger partial charge in [-0.05, 0) is 24.8 Å². The Kier molecular flexibility index (Phi) is 3.27. The van der Waals surface area contributed by atoms with Crippen LogP contribution in [0.1, 0.15) is 39.1 Å². The van der Waals surface area contributed by atoms with Crippen LogP contribution in [0, 0.1) is 0 Å². The second-order valence-electron chi connectivity index (χ2n) is 4.75. The molecule has 0 aliphatic carbocycles. The van der Waals surface area contributed by atoms with Crippen LogP contribution >= 0.6 is 0 Å². The first-order chi connectivity index (χ1) is 7.22. The first-order valence-electron chi connectivity index (χ1n) is 5.91. The zero-order valence-electron chi connectivity index (χ0n) is 10.7. The molecular weight excluding hydrogens is 200 g/mol. The second-order valence-corrected chi connectivity index (χ2v) is 6.44. The van der Waals surface area contributed by atoms with Crippen molar-refractivity contribution in [2.24, 2.45) is 0 Å². The first kappa shape index (κ1) is 10.9. The van der Waals surface area contributed by atoms with E-state index in [2.05, 4.69) is 37.3 Å². The molecule has 0 radical (unpaired) electrons. The number of hydrogen-bond acceptors (Lipinski definition) is 1. The average molecular weight is 221 g/mol. The first-order valence-corrected chi connectivity index (χ1v) is 6.91. The van der Waals surface area contributed by atoms with E-state index >= 15 is 0 Å². The van der Waals surface area contributed by atoms with Crippen molar-refractivity contribution in [2.75, 3.05) is 6.61 Å². The Morgan fingerprint density at radius 2 is 2.07 bits per heavy atom. The summed E-state index contributed by atoms with van der Waals surface area (Å²) in [6, 6.07) is 10.8. The molecule has 0 saturated carbocycles. The van der Waals surface area contributed by atoms with Gasteiger partial charge in [-0.3, -0.25) is 0 Å². The fraction of sp³-hybridized carbons (Fsp3) is 0.538. The van der Waals surface area contributed by atoms with E-state index < -0.39 is 0 Å². The van der Waals surface area contributed by atoms with Crippen LogP contribution < -0.4 is 0 Å². The highest BCUT2D eigenvalue weighted by atomic mass is 28.1. The van der Waals surface area contributed by atoms with Gasteiger partial charge in [-0.1, -0.05) is 37.3 Å². The van der Waals surface area contributed by atoms with Crippen LogP contribution in [0.25, 0.3) is 0 Å². The van der Waals surface area contributed by atoms with E-state index in [4.69, 9.17) is 4.74 Å². The molecule has 0 spiro atoms. The summed E-state index contributed by atoms with van der Waals surface area (Å²) in [5.74, 6) is 0.547. The Bertz CT molecular complexity index is 309. The highest BCUT2D eigenvalue weighted by molar-refractivity contribution is 6.15. The third kappa shape index (κ3) is 2.32. The highest BCUT2D eigenvalue weighted by Gasteiger charge is 2.34. The van der Waals surface area contributed by atoms with Crippen LogP contribution in [0.15, 0.2) is 30.3 Å². The molecule has 2 heteroatoms. The van der Waals surface area contributed by atoms with Crippen molar-refractivity contribution in [3.8, 4) is 0 Å². The Morgan fingerprint density at radius 3 is 2.67 bits per heavy atom.